The molecule has 0 saturated carbocycles. The molecular formula is C9H7F3OS. The summed E-state index contributed by atoms with van der Waals surface area (Å²) in [5.74, 6) is 0. The summed E-state index contributed by atoms with van der Waals surface area (Å²) in [5, 5.41) is 0. The molecule has 0 bridgehead atoms. The van der Waals surface area contributed by atoms with Crippen molar-refractivity contribution >= 4 is 18.9 Å². The smallest absolute Gasteiger partial charge is 0.298 e. The Kier molecular flexibility index (Phi) is 2.89. The molecular weight excluding hydrogens is 213 g/mol. The maximum Gasteiger partial charge on any atom is 0.416 e. The summed E-state index contributed by atoms with van der Waals surface area (Å²) in [7, 11) is 0. The molecule has 5 heteroatoms. The molecule has 1 rings (SSSR count). The second-order valence-electron chi connectivity index (χ2n) is 2.85. The van der Waals surface area contributed by atoms with Crippen LogP contribution >= 0.6 is 12.6 Å². The summed E-state index contributed by atoms with van der Waals surface area (Å²) in [4.78, 5) is 10.7. The van der Waals surface area contributed by atoms with E-state index in [0.717, 1.165) is 12.1 Å². The number of aldehydes is 1. The van der Waals surface area contributed by atoms with Gasteiger partial charge in [0.05, 0.1) is 5.56 Å². The highest BCUT2D eigenvalue weighted by molar-refractivity contribution is 7.80. The van der Waals surface area contributed by atoms with Gasteiger partial charge in [-0.1, -0.05) is 0 Å². The zero-order valence-electron chi connectivity index (χ0n) is 7.22. The highest BCUT2D eigenvalue weighted by Crippen LogP contribution is 2.32. The van der Waals surface area contributed by atoms with Gasteiger partial charge in [0, 0.05) is 10.5 Å². The monoisotopic (exact) mass is 220 g/mol. The highest BCUT2D eigenvalue weighted by Gasteiger charge is 2.31. The lowest BCUT2D eigenvalue weighted by molar-refractivity contribution is -0.137. The molecule has 0 N–H and O–H groups in total. The first kappa shape index (κ1) is 11.1. The third-order valence-electron chi connectivity index (χ3n) is 1.78. The lowest BCUT2D eigenvalue weighted by Gasteiger charge is -2.10. The Balaban J connectivity index is 3.37. The molecule has 0 saturated heterocycles. The summed E-state index contributed by atoms with van der Waals surface area (Å²) >= 11 is 3.94. The van der Waals surface area contributed by atoms with Crippen molar-refractivity contribution in [2.24, 2.45) is 0 Å². The van der Waals surface area contributed by atoms with Crippen molar-refractivity contribution in [1.82, 2.24) is 0 Å². The van der Waals surface area contributed by atoms with E-state index in [1.165, 1.54) is 6.92 Å². The quantitative estimate of drug-likeness (QED) is 0.568. The van der Waals surface area contributed by atoms with Crippen LogP contribution in [0.5, 0.6) is 0 Å². The van der Waals surface area contributed by atoms with Gasteiger partial charge >= 0.3 is 6.18 Å². The number of hydrogen-bond acceptors (Lipinski definition) is 2. The van der Waals surface area contributed by atoms with Gasteiger partial charge in [0.1, 0.15) is 0 Å². The van der Waals surface area contributed by atoms with E-state index in [0.29, 0.717) is 11.8 Å². The second kappa shape index (κ2) is 3.65. The Morgan fingerprint density at radius 3 is 2.36 bits per heavy atom. The zero-order valence-corrected chi connectivity index (χ0v) is 8.12. The first-order valence-electron chi connectivity index (χ1n) is 3.72. The van der Waals surface area contributed by atoms with Gasteiger partial charge < -0.3 is 0 Å². The number of alkyl halides is 3. The average molecular weight is 220 g/mol. The van der Waals surface area contributed by atoms with Crippen molar-refractivity contribution in [1.29, 1.82) is 0 Å². The van der Waals surface area contributed by atoms with Crippen LogP contribution in [0.15, 0.2) is 17.0 Å². The number of thiol groups is 1. The zero-order chi connectivity index (χ0) is 10.9. The summed E-state index contributed by atoms with van der Waals surface area (Å²) in [6.07, 6.45) is -4.06. The number of benzene rings is 1. The number of rotatable bonds is 1. The van der Waals surface area contributed by atoms with Crippen molar-refractivity contribution < 1.29 is 18.0 Å². The maximum atomic E-state index is 12.3. The van der Waals surface area contributed by atoms with Crippen LogP contribution in [0.1, 0.15) is 21.5 Å². The molecule has 14 heavy (non-hydrogen) atoms. The number of aryl methyl sites for hydroxylation is 1. The molecule has 0 aliphatic rings. The fourth-order valence-corrected chi connectivity index (χ4v) is 1.24. The fourth-order valence-electron chi connectivity index (χ4n) is 1.06. The standard InChI is InChI=1S/C9H7F3OS/c1-5-2-7(9(10,11)12)3-6(4-13)8(5)14/h2-4,14H,1H3. The Hall–Kier alpha value is -0.970. The SMILES string of the molecule is Cc1cc(C(F)(F)F)cc(C=O)c1S. The van der Waals surface area contributed by atoms with Gasteiger partial charge in [-0.05, 0) is 24.6 Å². The van der Waals surface area contributed by atoms with E-state index in [9.17, 15) is 18.0 Å². The molecule has 76 valence electrons. The normalized spacial score (nSPS) is 11.5. The largest absolute Gasteiger partial charge is 0.416 e. The van der Waals surface area contributed by atoms with Crippen LogP contribution in [-0.2, 0) is 6.18 Å². The van der Waals surface area contributed by atoms with Crippen molar-refractivity contribution in [3.05, 3.63) is 28.8 Å². The number of halogens is 3. The van der Waals surface area contributed by atoms with E-state index < -0.39 is 11.7 Å². The summed E-state index contributed by atoms with van der Waals surface area (Å²) < 4.78 is 36.8. The summed E-state index contributed by atoms with van der Waals surface area (Å²) in [6, 6.07) is 1.76. The van der Waals surface area contributed by atoms with Crippen LogP contribution in [-0.4, -0.2) is 6.29 Å². The highest BCUT2D eigenvalue weighted by atomic mass is 32.1. The van der Waals surface area contributed by atoms with E-state index in [1.54, 1.807) is 0 Å². The van der Waals surface area contributed by atoms with E-state index in [4.69, 9.17) is 0 Å². The van der Waals surface area contributed by atoms with Gasteiger partial charge in [-0.15, -0.1) is 12.6 Å². The number of carbonyl (C=O) groups excluding carboxylic acids is 1. The summed E-state index contributed by atoms with van der Waals surface area (Å²) in [6.45, 7) is 1.48. The third-order valence-corrected chi connectivity index (χ3v) is 2.40. The van der Waals surface area contributed by atoms with E-state index in [1.807, 2.05) is 0 Å². The first-order valence-corrected chi connectivity index (χ1v) is 4.17. The molecule has 0 amide bonds. The number of hydrogen-bond donors (Lipinski definition) is 1. The van der Waals surface area contributed by atoms with Crippen molar-refractivity contribution in [3.8, 4) is 0 Å². The Labute approximate surface area is 84.3 Å². The first-order chi connectivity index (χ1) is 6.36. The van der Waals surface area contributed by atoms with E-state index >= 15 is 0 Å². The van der Waals surface area contributed by atoms with Crippen molar-refractivity contribution in [3.63, 3.8) is 0 Å². The van der Waals surface area contributed by atoms with Crippen LogP contribution in [0, 0.1) is 6.92 Å². The molecule has 0 aliphatic heterocycles. The van der Waals surface area contributed by atoms with Crippen molar-refractivity contribution in [2.75, 3.05) is 0 Å². The molecule has 0 aliphatic carbocycles. The van der Waals surface area contributed by atoms with Gasteiger partial charge in [-0.2, -0.15) is 13.2 Å². The predicted molar refractivity (Wildman–Crippen MR) is 48.8 cm³/mol. The van der Waals surface area contributed by atoms with E-state index in [2.05, 4.69) is 12.6 Å². The number of carbonyl (C=O) groups is 1. The molecule has 0 heterocycles. The third kappa shape index (κ3) is 2.09. The van der Waals surface area contributed by atoms with Gasteiger partial charge in [0.15, 0.2) is 6.29 Å². The molecule has 0 radical (unpaired) electrons. The molecule has 1 aromatic rings. The van der Waals surface area contributed by atoms with Crippen LogP contribution in [0.3, 0.4) is 0 Å². The Morgan fingerprint density at radius 2 is 1.93 bits per heavy atom. The topological polar surface area (TPSA) is 17.1 Å². The minimum absolute atomic E-state index is 0.0411. The second-order valence-corrected chi connectivity index (χ2v) is 3.29. The van der Waals surface area contributed by atoms with Crippen LogP contribution in [0.4, 0.5) is 13.2 Å². The molecule has 1 aromatic carbocycles. The molecule has 0 fully saturated rings. The van der Waals surface area contributed by atoms with Crippen LogP contribution in [0.25, 0.3) is 0 Å². The van der Waals surface area contributed by atoms with Gasteiger partial charge in [0.25, 0.3) is 0 Å². The molecule has 0 aromatic heterocycles. The van der Waals surface area contributed by atoms with Crippen molar-refractivity contribution in [2.45, 2.75) is 18.0 Å². The van der Waals surface area contributed by atoms with Crippen LogP contribution < -0.4 is 0 Å². The van der Waals surface area contributed by atoms with Gasteiger partial charge in [-0.3, -0.25) is 4.79 Å². The Bertz CT molecular complexity index is 371. The minimum Gasteiger partial charge on any atom is -0.298 e. The molecule has 0 spiro atoms. The van der Waals surface area contributed by atoms with E-state index in [-0.39, 0.29) is 10.5 Å². The lowest BCUT2D eigenvalue weighted by atomic mass is 10.1. The lowest BCUT2D eigenvalue weighted by Crippen LogP contribution is -2.06. The van der Waals surface area contributed by atoms with Crippen LogP contribution in [0.2, 0.25) is 0 Å². The maximum absolute atomic E-state index is 12.3. The van der Waals surface area contributed by atoms with Gasteiger partial charge in [-0.25, -0.2) is 0 Å². The minimum atomic E-state index is -4.43. The predicted octanol–water partition coefficient (Wildman–Crippen LogP) is 3.12. The molecule has 0 atom stereocenters. The van der Waals surface area contributed by atoms with Gasteiger partial charge in [0.2, 0.25) is 0 Å². The molecule has 1 nitrogen and oxygen atoms in total. The molecule has 0 unspecified atom stereocenters. The average Bonchev–Trinajstić information content (AvgIpc) is 2.07. The Morgan fingerprint density at radius 1 is 1.36 bits per heavy atom. The fraction of sp³-hybridized carbons (Fsp3) is 0.222. The summed E-state index contributed by atoms with van der Waals surface area (Å²) in [5.41, 5.74) is -0.527.